The molecule has 33 heavy (non-hydrogen) atoms. The number of anilines is 1. The van der Waals surface area contributed by atoms with Gasteiger partial charge in [-0.05, 0) is 55.1 Å². The number of hydrogen-bond donors (Lipinski definition) is 1. The zero-order valence-corrected chi connectivity index (χ0v) is 20.3. The van der Waals surface area contributed by atoms with Crippen LogP contribution < -0.4 is 10.1 Å². The van der Waals surface area contributed by atoms with E-state index in [1.807, 2.05) is 42.5 Å². The molecule has 3 aromatic rings. The zero-order valence-electron chi connectivity index (χ0n) is 18.8. The number of halogens is 2. The number of amides is 1. The maximum Gasteiger partial charge on any atom is 0.412 e. The molecule has 0 spiro atoms. The number of carbonyl (C=O) groups excluding carboxylic acids is 1. The van der Waals surface area contributed by atoms with E-state index in [2.05, 4.69) is 24.1 Å². The molecule has 7 heteroatoms. The number of nitrogens with zero attached hydrogens (tertiary/aromatic N) is 1. The summed E-state index contributed by atoms with van der Waals surface area (Å²) in [6, 6.07) is 21.7. The fraction of sp³-hybridized carbons (Fsp3) is 0.269. The number of nitrogens with one attached hydrogen (secondary N) is 1. The maximum atomic E-state index is 12.6. The molecule has 0 aliphatic carbocycles. The van der Waals surface area contributed by atoms with Crippen LogP contribution in [0, 0.1) is 0 Å². The van der Waals surface area contributed by atoms with Gasteiger partial charge >= 0.3 is 6.09 Å². The Labute approximate surface area is 205 Å². The fourth-order valence-electron chi connectivity index (χ4n) is 3.37. The third-order valence-corrected chi connectivity index (χ3v) is 5.81. The number of benzene rings is 3. The molecule has 0 radical (unpaired) electrons. The summed E-state index contributed by atoms with van der Waals surface area (Å²) in [4.78, 5) is 14.9. The van der Waals surface area contributed by atoms with Crippen LogP contribution in [0.3, 0.4) is 0 Å². The van der Waals surface area contributed by atoms with Gasteiger partial charge in [-0.2, -0.15) is 0 Å². The van der Waals surface area contributed by atoms with E-state index in [0.29, 0.717) is 27.9 Å². The second-order valence-corrected chi connectivity index (χ2v) is 8.23. The summed E-state index contributed by atoms with van der Waals surface area (Å²) in [5.41, 5.74) is 2.04. The van der Waals surface area contributed by atoms with Crippen molar-refractivity contribution in [1.82, 2.24) is 4.90 Å². The van der Waals surface area contributed by atoms with Crippen molar-refractivity contribution in [3.05, 3.63) is 94.0 Å². The monoisotopic (exact) mass is 486 g/mol. The van der Waals surface area contributed by atoms with E-state index in [-0.39, 0.29) is 0 Å². The molecule has 0 aliphatic heterocycles. The molecule has 3 rings (SSSR count). The van der Waals surface area contributed by atoms with Gasteiger partial charge in [0.15, 0.2) is 6.10 Å². The first-order valence-electron chi connectivity index (χ1n) is 10.9. The predicted molar refractivity (Wildman–Crippen MR) is 135 cm³/mol. The molecular formula is C26H28Cl2N2O3. The van der Waals surface area contributed by atoms with Crippen LogP contribution in [0.4, 0.5) is 10.5 Å². The van der Waals surface area contributed by atoms with Crippen LogP contribution in [-0.4, -0.2) is 37.2 Å². The molecule has 0 bridgehead atoms. The Morgan fingerprint density at radius 1 is 0.970 bits per heavy atom. The smallest absolute Gasteiger partial charge is 0.412 e. The third-order valence-electron chi connectivity index (χ3n) is 5.24. The van der Waals surface area contributed by atoms with E-state index >= 15 is 0 Å². The van der Waals surface area contributed by atoms with Crippen molar-refractivity contribution in [2.24, 2.45) is 0 Å². The van der Waals surface area contributed by atoms with Crippen molar-refractivity contribution in [3.8, 4) is 5.75 Å². The highest BCUT2D eigenvalue weighted by molar-refractivity contribution is 6.35. The van der Waals surface area contributed by atoms with E-state index in [0.717, 1.165) is 30.9 Å². The molecule has 0 saturated heterocycles. The van der Waals surface area contributed by atoms with Gasteiger partial charge in [0.2, 0.25) is 0 Å². The Balaban J connectivity index is 1.76. The highest BCUT2D eigenvalue weighted by Crippen LogP contribution is 2.34. The highest BCUT2D eigenvalue weighted by atomic mass is 35.5. The predicted octanol–water partition coefficient (Wildman–Crippen LogP) is 7.05. The first kappa shape index (κ1) is 24.9. The summed E-state index contributed by atoms with van der Waals surface area (Å²) in [7, 11) is 0. The van der Waals surface area contributed by atoms with Crippen molar-refractivity contribution >= 4 is 35.0 Å². The van der Waals surface area contributed by atoms with Crippen molar-refractivity contribution in [3.63, 3.8) is 0 Å². The van der Waals surface area contributed by atoms with Crippen LogP contribution in [0.15, 0.2) is 72.8 Å². The summed E-state index contributed by atoms with van der Waals surface area (Å²) in [5, 5.41) is 3.67. The van der Waals surface area contributed by atoms with E-state index in [9.17, 15) is 4.79 Å². The third kappa shape index (κ3) is 7.39. The van der Waals surface area contributed by atoms with Gasteiger partial charge in [0.1, 0.15) is 12.4 Å². The summed E-state index contributed by atoms with van der Waals surface area (Å²) < 4.78 is 11.7. The average Bonchev–Trinajstić information content (AvgIpc) is 2.82. The van der Waals surface area contributed by atoms with Crippen LogP contribution in [0.1, 0.15) is 31.1 Å². The number of hydrogen-bond acceptors (Lipinski definition) is 4. The van der Waals surface area contributed by atoms with Gasteiger partial charge in [-0.25, -0.2) is 4.79 Å². The second-order valence-electron chi connectivity index (χ2n) is 7.39. The van der Waals surface area contributed by atoms with Gasteiger partial charge in [-0.3, -0.25) is 5.32 Å². The minimum Gasteiger partial charge on any atom is -0.492 e. The minimum absolute atomic E-state index is 0.416. The van der Waals surface area contributed by atoms with Crippen LogP contribution in [0.5, 0.6) is 5.75 Å². The van der Waals surface area contributed by atoms with Crippen molar-refractivity contribution < 1.29 is 14.3 Å². The number of para-hydroxylation sites is 1. The Bertz CT molecular complexity index is 1030. The summed E-state index contributed by atoms with van der Waals surface area (Å²) in [5.74, 6) is 0.751. The average molecular weight is 487 g/mol. The first-order valence-corrected chi connectivity index (χ1v) is 11.7. The lowest BCUT2D eigenvalue weighted by atomic mass is 10.0. The van der Waals surface area contributed by atoms with E-state index in [1.165, 1.54) is 0 Å². The van der Waals surface area contributed by atoms with Gasteiger partial charge in [0.25, 0.3) is 0 Å². The van der Waals surface area contributed by atoms with Gasteiger partial charge in [0.05, 0.1) is 0 Å². The molecule has 0 aromatic heterocycles. The van der Waals surface area contributed by atoms with Gasteiger partial charge in [-0.1, -0.05) is 73.4 Å². The van der Waals surface area contributed by atoms with E-state index < -0.39 is 12.2 Å². The van der Waals surface area contributed by atoms with Crippen molar-refractivity contribution in [2.45, 2.75) is 20.0 Å². The van der Waals surface area contributed by atoms with Crippen LogP contribution in [0.25, 0.3) is 0 Å². The SMILES string of the molecule is CCN(CC)CCOc1ccc(C(OC(=O)Nc2ccccc2)c2ccc(Cl)cc2Cl)cc1. The summed E-state index contributed by atoms with van der Waals surface area (Å²) in [6.07, 6.45) is -1.31. The van der Waals surface area contributed by atoms with Gasteiger partial charge in [-0.15, -0.1) is 0 Å². The summed E-state index contributed by atoms with van der Waals surface area (Å²) in [6.45, 7) is 7.71. The largest absolute Gasteiger partial charge is 0.492 e. The van der Waals surface area contributed by atoms with Crippen LogP contribution >= 0.6 is 23.2 Å². The Morgan fingerprint density at radius 2 is 1.67 bits per heavy atom. The van der Waals surface area contributed by atoms with Crippen LogP contribution in [0.2, 0.25) is 10.0 Å². The molecule has 0 fully saturated rings. The molecule has 174 valence electrons. The Kier molecular flexibility index (Phi) is 9.43. The van der Waals surface area contributed by atoms with E-state index in [4.69, 9.17) is 32.7 Å². The normalized spacial score (nSPS) is 11.8. The van der Waals surface area contributed by atoms with E-state index in [1.54, 1.807) is 30.3 Å². The van der Waals surface area contributed by atoms with Crippen molar-refractivity contribution in [1.29, 1.82) is 0 Å². The molecule has 0 heterocycles. The molecule has 1 amide bonds. The second kappa shape index (κ2) is 12.5. The minimum atomic E-state index is -0.719. The molecule has 5 nitrogen and oxygen atoms in total. The Morgan fingerprint density at radius 3 is 2.30 bits per heavy atom. The lowest BCUT2D eigenvalue weighted by Gasteiger charge is -2.21. The number of ether oxygens (including phenoxy) is 2. The number of likely N-dealkylation sites (N-methyl/N-ethyl adjacent to an activating group) is 1. The first-order chi connectivity index (χ1) is 16.0. The molecule has 3 aromatic carbocycles. The Hall–Kier alpha value is -2.73. The number of rotatable bonds is 10. The summed E-state index contributed by atoms with van der Waals surface area (Å²) >= 11 is 12.5. The van der Waals surface area contributed by atoms with Crippen LogP contribution in [-0.2, 0) is 4.74 Å². The molecular weight excluding hydrogens is 459 g/mol. The lowest BCUT2D eigenvalue weighted by molar-refractivity contribution is 0.131. The molecule has 0 aliphatic rings. The standard InChI is InChI=1S/C26H28Cl2N2O3/c1-3-30(4-2)16-17-32-22-13-10-19(11-14-22)25(23-15-12-20(27)18-24(23)28)33-26(31)29-21-8-6-5-7-9-21/h5-15,18,25H,3-4,16-17H2,1-2H3,(H,29,31). The maximum absolute atomic E-state index is 12.6. The molecule has 1 unspecified atom stereocenters. The quantitative estimate of drug-likeness (QED) is 0.333. The number of carbonyl (C=O) groups is 1. The lowest BCUT2D eigenvalue weighted by Crippen LogP contribution is -2.27. The van der Waals surface area contributed by atoms with Gasteiger partial charge in [0, 0.05) is 27.8 Å². The zero-order chi connectivity index (χ0) is 23.6. The molecule has 1 N–H and O–H groups in total. The fourth-order valence-corrected chi connectivity index (χ4v) is 3.88. The highest BCUT2D eigenvalue weighted by Gasteiger charge is 2.22. The molecule has 0 saturated carbocycles. The van der Waals surface area contributed by atoms with Crippen molar-refractivity contribution in [2.75, 3.05) is 31.6 Å². The van der Waals surface area contributed by atoms with Gasteiger partial charge < -0.3 is 14.4 Å². The molecule has 1 atom stereocenters. The topological polar surface area (TPSA) is 50.8 Å².